The average Bonchev–Trinajstić information content (AvgIpc) is 2.76. The predicted molar refractivity (Wildman–Crippen MR) is 99.7 cm³/mol. The molecular weight excluding hydrogens is 408 g/mol. The second-order valence-corrected chi connectivity index (χ2v) is 5.46. The van der Waals surface area contributed by atoms with E-state index in [2.05, 4.69) is 11.6 Å². The molecule has 0 radical (unpaired) electrons. The van der Waals surface area contributed by atoms with Crippen LogP contribution in [0.4, 0.5) is 0 Å². The average molecular weight is 438 g/mol. The molecule has 4 N–H and O–H groups in total. The first-order valence-electron chi connectivity index (χ1n) is 8.55. The van der Waals surface area contributed by atoms with Crippen molar-refractivity contribution >= 4 is 11.9 Å². The number of hydrogen-bond acceptors (Lipinski definition) is 15. The lowest BCUT2D eigenvalue weighted by atomic mass is 10.4. The Morgan fingerprint density at radius 1 is 1.20 bits per heavy atom. The lowest BCUT2D eigenvalue weighted by molar-refractivity contribution is -0.537. The molecule has 15 heteroatoms. The van der Waals surface area contributed by atoms with Crippen LogP contribution in [0.15, 0.2) is 17.6 Å². The Labute approximate surface area is 174 Å². The molecule has 0 saturated carbocycles. The third-order valence-corrected chi connectivity index (χ3v) is 4.20. The molecule has 2 unspecified atom stereocenters. The van der Waals surface area contributed by atoms with Crippen LogP contribution in [0.1, 0.15) is 0 Å². The van der Waals surface area contributed by atoms with E-state index >= 15 is 0 Å². The summed E-state index contributed by atoms with van der Waals surface area (Å²) >= 11 is 0. The third-order valence-electron chi connectivity index (χ3n) is 4.20. The van der Waals surface area contributed by atoms with Crippen molar-refractivity contribution in [2.24, 2.45) is 10.7 Å². The smallest absolute Gasteiger partial charge is 0.338 e. The van der Waals surface area contributed by atoms with Gasteiger partial charge in [-0.1, -0.05) is 16.7 Å². The fourth-order valence-electron chi connectivity index (χ4n) is 2.94. The van der Waals surface area contributed by atoms with E-state index in [0.29, 0.717) is 0 Å². The molecule has 30 heavy (non-hydrogen) atoms. The van der Waals surface area contributed by atoms with Crippen molar-refractivity contribution in [3.05, 3.63) is 12.7 Å². The molecule has 1 rings (SSSR count). The van der Waals surface area contributed by atoms with Crippen molar-refractivity contribution < 1.29 is 43.7 Å². The lowest BCUT2D eigenvalue weighted by Crippen LogP contribution is -2.82. The molecule has 0 bridgehead atoms. The number of aliphatic imine (C=N–C) groups is 1. The molecule has 0 saturated heterocycles. The molecule has 1 aliphatic heterocycles. The van der Waals surface area contributed by atoms with Crippen molar-refractivity contribution in [2.75, 3.05) is 62.2 Å². The monoisotopic (exact) mass is 438 g/mol. The van der Waals surface area contributed by atoms with Gasteiger partial charge in [-0.2, -0.15) is 10.1 Å². The van der Waals surface area contributed by atoms with Gasteiger partial charge in [-0.15, -0.1) is 0 Å². The zero-order valence-electron chi connectivity index (χ0n) is 17.7. The van der Waals surface area contributed by atoms with Gasteiger partial charge in [0.15, 0.2) is 0 Å². The molecule has 0 aliphatic carbocycles. The van der Waals surface area contributed by atoms with Gasteiger partial charge in [-0.3, -0.25) is 14.5 Å². The van der Waals surface area contributed by atoms with Gasteiger partial charge < -0.3 is 30.2 Å². The van der Waals surface area contributed by atoms with E-state index < -0.39 is 31.4 Å². The second kappa shape index (κ2) is 11.5. The number of carbonyl (C=O) groups excluding carboxylic acids is 1. The van der Waals surface area contributed by atoms with Crippen molar-refractivity contribution in [3.8, 4) is 0 Å². The molecule has 0 aromatic rings. The summed E-state index contributed by atoms with van der Waals surface area (Å²) in [5.41, 5.74) is 6.08. The lowest BCUT2D eigenvalue weighted by Gasteiger charge is -2.58. The van der Waals surface area contributed by atoms with E-state index in [1.54, 1.807) is 0 Å². The van der Waals surface area contributed by atoms with E-state index in [1.807, 2.05) is 0 Å². The van der Waals surface area contributed by atoms with Crippen molar-refractivity contribution in [1.82, 2.24) is 20.1 Å². The van der Waals surface area contributed by atoms with Crippen LogP contribution in [0.5, 0.6) is 0 Å². The molecule has 0 fully saturated rings. The molecular formula is C15H30N6O9. The Bertz CT molecular complexity index is 607. The summed E-state index contributed by atoms with van der Waals surface area (Å²) in [6.45, 7) is 1.69. The number of hydrogen-bond donors (Lipinski definition) is 3. The van der Waals surface area contributed by atoms with Gasteiger partial charge >= 0.3 is 17.9 Å². The number of nitrogens with two attached hydrogens (primary N) is 1. The first-order chi connectivity index (χ1) is 14.3. The second-order valence-electron chi connectivity index (χ2n) is 5.46. The number of guanidine groups is 1. The number of esters is 1. The molecule has 0 spiro atoms. The maximum atomic E-state index is 11.4. The number of methoxy groups -OCH3 is 2. The van der Waals surface area contributed by atoms with Gasteiger partial charge in [0.25, 0.3) is 0 Å². The van der Waals surface area contributed by atoms with Crippen molar-refractivity contribution in [2.45, 2.75) is 11.9 Å². The standard InChI is InChI=1S/C15H30N6O9/c1-7-12(24)30-9-8-18(10-22)15(26-3)20(28-5)13(16)17-14(25-2,21(15)29-6)19(11-23)27-4/h7,22-23H,1,8-11H2,2-6H3,(H2,16,17). The fourth-order valence-corrected chi connectivity index (χ4v) is 2.94. The minimum Gasteiger partial charge on any atom is -0.461 e. The summed E-state index contributed by atoms with van der Waals surface area (Å²) in [7, 11) is 6.31. The number of aliphatic hydroxyl groups excluding tert-OH is 2. The van der Waals surface area contributed by atoms with Gasteiger partial charge in [0.2, 0.25) is 5.96 Å². The zero-order valence-corrected chi connectivity index (χ0v) is 17.7. The number of rotatable bonds is 13. The van der Waals surface area contributed by atoms with Crippen LogP contribution >= 0.6 is 0 Å². The summed E-state index contributed by atoms with van der Waals surface area (Å²) in [6.07, 6.45) is 0.997. The number of carbonyl (C=O) groups is 1. The summed E-state index contributed by atoms with van der Waals surface area (Å²) in [4.78, 5) is 32.8. The number of hydroxylamine groups is 6. The van der Waals surface area contributed by atoms with E-state index in [1.165, 1.54) is 40.4 Å². The quantitative estimate of drug-likeness (QED) is 0.118. The Balaban J connectivity index is 3.60. The van der Waals surface area contributed by atoms with Gasteiger partial charge in [-0.05, 0) is 0 Å². The van der Waals surface area contributed by atoms with Gasteiger partial charge in [0.1, 0.15) is 20.1 Å². The Hall–Kier alpha value is -1.92. The maximum Gasteiger partial charge on any atom is 0.338 e. The summed E-state index contributed by atoms with van der Waals surface area (Å²) in [6, 6.07) is 0. The first kappa shape index (κ1) is 26.1. The van der Waals surface area contributed by atoms with Crippen LogP contribution in [0, 0.1) is 0 Å². The predicted octanol–water partition coefficient (Wildman–Crippen LogP) is -2.65. The number of ether oxygens (including phenoxy) is 3. The molecule has 0 amide bonds. The molecule has 1 aliphatic rings. The van der Waals surface area contributed by atoms with Crippen LogP contribution < -0.4 is 5.73 Å². The minimum atomic E-state index is -2.03. The SMILES string of the molecule is C=CC(=O)OCCN(CO)C1(OC)N(OC)C(N)=NC(OC)(N(CO)OC)N1OC. The molecule has 0 aromatic heterocycles. The van der Waals surface area contributed by atoms with Crippen LogP contribution in [-0.4, -0.2) is 116 Å². The van der Waals surface area contributed by atoms with Gasteiger partial charge in [0, 0.05) is 26.8 Å². The summed E-state index contributed by atoms with van der Waals surface area (Å²) in [5, 5.41) is 22.7. The van der Waals surface area contributed by atoms with E-state index in [-0.39, 0.29) is 19.1 Å². The molecule has 174 valence electrons. The third kappa shape index (κ3) is 4.40. The number of nitrogens with zero attached hydrogens (tertiary/aromatic N) is 5. The van der Waals surface area contributed by atoms with Gasteiger partial charge in [-0.25, -0.2) is 9.69 Å². The Kier molecular flexibility index (Phi) is 9.98. The van der Waals surface area contributed by atoms with Crippen molar-refractivity contribution in [1.29, 1.82) is 0 Å². The summed E-state index contributed by atoms with van der Waals surface area (Å²) in [5.74, 6) is -4.95. The van der Waals surface area contributed by atoms with Crippen molar-refractivity contribution in [3.63, 3.8) is 0 Å². The first-order valence-corrected chi connectivity index (χ1v) is 8.55. The normalized spacial score (nSPS) is 25.0. The summed E-state index contributed by atoms with van der Waals surface area (Å²) < 4.78 is 16.2. The highest BCUT2D eigenvalue weighted by atomic mass is 16.8. The van der Waals surface area contributed by atoms with Gasteiger partial charge in [0.05, 0.1) is 21.3 Å². The molecule has 0 aromatic carbocycles. The maximum absolute atomic E-state index is 11.4. The number of aliphatic hydroxyl groups is 2. The Morgan fingerprint density at radius 3 is 2.27 bits per heavy atom. The highest BCUT2D eigenvalue weighted by Gasteiger charge is 2.66. The fraction of sp³-hybridized carbons (Fsp3) is 0.733. The zero-order chi connectivity index (χ0) is 22.9. The van der Waals surface area contributed by atoms with E-state index in [9.17, 15) is 15.0 Å². The molecule has 15 nitrogen and oxygen atoms in total. The largest absolute Gasteiger partial charge is 0.461 e. The van der Waals surface area contributed by atoms with Crippen LogP contribution in [-0.2, 0) is 33.5 Å². The van der Waals surface area contributed by atoms with Crippen LogP contribution in [0.2, 0.25) is 0 Å². The molecule has 1 heterocycles. The molecule has 2 atom stereocenters. The minimum absolute atomic E-state index is 0.0944. The highest BCUT2D eigenvalue weighted by molar-refractivity contribution is 5.81. The van der Waals surface area contributed by atoms with Crippen LogP contribution in [0.3, 0.4) is 0 Å². The topological polar surface area (TPSA) is 164 Å². The van der Waals surface area contributed by atoms with Crippen LogP contribution in [0.25, 0.3) is 0 Å². The Morgan fingerprint density at radius 2 is 1.87 bits per heavy atom. The highest BCUT2D eigenvalue weighted by Crippen LogP contribution is 2.39. The van der Waals surface area contributed by atoms with E-state index in [0.717, 1.165) is 21.3 Å². The van der Waals surface area contributed by atoms with E-state index in [4.69, 9.17) is 34.5 Å².